The van der Waals surface area contributed by atoms with Gasteiger partial charge < -0.3 is 4.42 Å². The zero-order valence-electron chi connectivity index (χ0n) is 9.99. The van der Waals surface area contributed by atoms with Crippen LogP contribution >= 0.6 is 15.9 Å². The molecule has 3 rings (SSSR count). The monoisotopic (exact) mass is 336 g/mol. The van der Waals surface area contributed by atoms with Crippen molar-refractivity contribution in [2.45, 2.75) is 0 Å². The quantitative estimate of drug-likeness (QED) is 0.501. The van der Waals surface area contributed by atoms with E-state index in [2.05, 4.69) is 15.9 Å². The Hall–Kier alpha value is -2.01. The van der Waals surface area contributed by atoms with Gasteiger partial charge in [0.15, 0.2) is 17.4 Å². The van der Waals surface area contributed by atoms with E-state index in [0.29, 0.717) is 5.58 Å². The Morgan fingerprint density at radius 1 is 1.10 bits per heavy atom. The number of ketones is 1. The number of halogens is 3. The van der Waals surface area contributed by atoms with Gasteiger partial charge in [-0.1, -0.05) is 18.2 Å². The molecular weight excluding hydrogens is 330 g/mol. The Balaban J connectivity index is 2.11. The first-order valence-electron chi connectivity index (χ1n) is 5.74. The molecule has 1 aromatic heterocycles. The molecule has 0 N–H and O–H groups in total. The molecule has 2 aromatic carbocycles. The summed E-state index contributed by atoms with van der Waals surface area (Å²) in [6.07, 6.45) is 0. The first-order chi connectivity index (χ1) is 9.58. The molecule has 0 spiro atoms. The van der Waals surface area contributed by atoms with E-state index < -0.39 is 17.4 Å². The largest absolute Gasteiger partial charge is 0.453 e. The highest BCUT2D eigenvalue weighted by Crippen LogP contribution is 2.27. The molecule has 0 aliphatic heterocycles. The van der Waals surface area contributed by atoms with E-state index in [4.69, 9.17) is 4.42 Å². The number of benzene rings is 2. The van der Waals surface area contributed by atoms with Gasteiger partial charge in [-0.3, -0.25) is 4.79 Å². The van der Waals surface area contributed by atoms with Crippen LogP contribution in [0.25, 0.3) is 11.0 Å². The van der Waals surface area contributed by atoms with Crippen LogP contribution in [0.5, 0.6) is 0 Å². The predicted molar refractivity (Wildman–Crippen MR) is 73.7 cm³/mol. The maximum atomic E-state index is 13.5. The van der Waals surface area contributed by atoms with Crippen LogP contribution in [0.2, 0.25) is 0 Å². The fourth-order valence-corrected chi connectivity index (χ4v) is 2.43. The maximum Gasteiger partial charge on any atom is 0.229 e. The van der Waals surface area contributed by atoms with E-state index in [-0.39, 0.29) is 15.8 Å². The van der Waals surface area contributed by atoms with Crippen molar-refractivity contribution in [2.24, 2.45) is 0 Å². The summed E-state index contributed by atoms with van der Waals surface area (Å²) in [5.74, 6) is -2.53. The molecule has 5 heteroatoms. The fraction of sp³-hybridized carbons (Fsp3) is 0. The van der Waals surface area contributed by atoms with Crippen molar-refractivity contribution in [3.05, 3.63) is 69.9 Å². The standard InChI is InChI=1S/C15H7BrF2O2/c16-13-9(5-6-10(17)14(13)18)15(19)12-7-8-3-1-2-4-11(8)20-12/h1-7H. The molecule has 3 aromatic rings. The maximum absolute atomic E-state index is 13.5. The molecule has 0 atom stereocenters. The lowest BCUT2D eigenvalue weighted by Gasteiger charge is -2.03. The summed E-state index contributed by atoms with van der Waals surface area (Å²) in [6, 6.07) is 10.8. The molecule has 0 saturated carbocycles. The molecule has 0 unspecified atom stereocenters. The van der Waals surface area contributed by atoms with Crippen LogP contribution in [0.15, 0.2) is 51.4 Å². The molecule has 2 nitrogen and oxygen atoms in total. The van der Waals surface area contributed by atoms with E-state index in [9.17, 15) is 13.6 Å². The van der Waals surface area contributed by atoms with Crippen LogP contribution in [-0.2, 0) is 0 Å². The molecular formula is C15H7BrF2O2. The van der Waals surface area contributed by atoms with Crippen molar-refractivity contribution in [2.75, 3.05) is 0 Å². The smallest absolute Gasteiger partial charge is 0.229 e. The zero-order valence-corrected chi connectivity index (χ0v) is 11.6. The number of fused-ring (bicyclic) bond motifs is 1. The molecule has 0 fully saturated rings. The van der Waals surface area contributed by atoms with E-state index in [1.165, 1.54) is 6.07 Å². The lowest BCUT2D eigenvalue weighted by atomic mass is 10.1. The van der Waals surface area contributed by atoms with Crippen LogP contribution in [0, 0.1) is 11.6 Å². The summed E-state index contributed by atoms with van der Waals surface area (Å²) < 4.78 is 31.7. The van der Waals surface area contributed by atoms with Gasteiger partial charge >= 0.3 is 0 Å². The van der Waals surface area contributed by atoms with Gasteiger partial charge in [0.25, 0.3) is 0 Å². The van der Waals surface area contributed by atoms with Crippen LogP contribution in [-0.4, -0.2) is 5.78 Å². The second kappa shape index (κ2) is 4.83. The molecule has 0 aliphatic rings. The second-order valence-corrected chi connectivity index (χ2v) is 4.99. The summed E-state index contributed by atoms with van der Waals surface area (Å²) in [4.78, 5) is 12.3. The topological polar surface area (TPSA) is 30.2 Å². The van der Waals surface area contributed by atoms with Gasteiger partial charge in [0.05, 0.1) is 4.47 Å². The minimum atomic E-state index is -1.09. The molecule has 0 radical (unpaired) electrons. The van der Waals surface area contributed by atoms with E-state index >= 15 is 0 Å². The molecule has 1 heterocycles. The number of furan rings is 1. The third-order valence-corrected chi connectivity index (χ3v) is 3.70. The third-order valence-electron chi connectivity index (χ3n) is 2.93. The van der Waals surface area contributed by atoms with Crippen LogP contribution in [0.1, 0.15) is 16.1 Å². The lowest BCUT2D eigenvalue weighted by Crippen LogP contribution is -2.03. The first kappa shape index (κ1) is 13.0. The van der Waals surface area contributed by atoms with Gasteiger partial charge in [-0.05, 0) is 40.2 Å². The highest BCUT2D eigenvalue weighted by atomic mass is 79.9. The minimum Gasteiger partial charge on any atom is -0.453 e. The molecule has 20 heavy (non-hydrogen) atoms. The van der Waals surface area contributed by atoms with Gasteiger partial charge in [-0.15, -0.1) is 0 Å². The Morgan fingerprint density at radius 3 is 2.60 bits per heavy atom. The Kier molecular flexibility index (Phi) is 3.14. The molecule has 0 aliphatic carbocycles. The Bertz CT molecular complexity index is 791. The van der Waals surface area contributed by atoms with Crippen molar-refractivity contribution < 1.29 is 18.0 Å². The first-order valence-corrected chi connectivity index (χ1v) is 6.54. The number of hydrogen-bond acceptors (Lipinski definition) is 2. The molecule has 100 valence electrons. The second-order valence-electron chi connectivity index (χ2n) is 4.20. The highest BCUT2D eigenvalue weighted by Gasteiger charge is 2.20. The van der Waals surface area contributed by atoms with Gasteiger partial charge in [-0.2, -0.15) is 0 Å². The fourth-order valence-electron chi connectivity index (χ4n) is 1.93. The average molecular weight is 337 g/mol. The summed E-state index contributed by atoms with van der Waals surface area (Å²) in [5, 5.41) is 0.773. The van der Waals surface area contributed by atoms with E-state index in [1.54, 1.807) is 24.3 Å². The molecule has 0 saturated heterocycles. The number of rotatable bonds is 2. The van der Waals surface area contributed by atoms with Gasteiger partial charge in [0.2, 0.25) is 5.78 Å². The number of para-hydroxylation sites is 1. The van der Waals surface area contributed by atoms with Crippen molar-refractivity contribution in [3.8, 4) is 0 Å². The minimum absolute atomic E-state index is 0.0166. The van der Waals surface area contributed by atoms with Crippen molar-refractivity contribution in [1.82, 2.24) is 0 Å². The van der Waals surface area contributed by atoms with Crippen LogP contribution < -0.4 is 0 Å². The average Bonchev–Trinajstić information content (AvgIpc) is 2.88. The predicted octanol–water partition coefficient (Wildman–Crippen LogP) is 4.70. The summed E-state index contributed by atoms with van der Waals surface area (Å²) in [5.41, 5.74) is 0.581. The third kappa shape index (κ3) is 2.04. The van der Waals surface area contributed by atoms with Gasteiger partial charge in [0.1, 0.15) is 5.58 Å². The number of carbonyl (C=O) groups is 1. The van der Waals surface area contributed by atoms with E-state index in [1.807, 2.05) is 6.07 Å². The van der Waals surface area contributed by atoms with E-state index in [0.717, 1.165) is 11.5 Å². The van der Waals surface area contributed by atoms with Crippen molar-refractivity contribution in [1.29, 1.82) is 0 Å². The summed E-state index contributed by atoms with van der Waals surface area (Å²) >= 11 is 2.90. The van der Waals surface area contributed by atoms with Gasteiger partial charge in [0, 0.05) is 10.9 Å². The zero-order chi connectivity index (χ0) is 14.3. The van der Waals surface area contributed by atoms with Crippen molar-refractivity contribution in [3.63, 3.8) is 0 Å². The normalized spacial score (nSPS) is 10.9. The van der Waals surface area contributed by atoms with Gasteiger partial charge in [-0.25, -0.2) is 8.78 Å². The summed E-state index contributed by atoms with van der Waals surface area (Å²) in [7, 11) is 0. The highest BCUT2D eigenvalue weighted by molar-refractivity contribution is 9.10. The van der Waals surface area contributed by atoms with Crippen molar-refractivity contribution >= 4 is 32.7 Å². The van der Waals surface area contributed by atoms with Crippen LogP contribution in [0.3, 0.4) is 0 Å². The van der Waals surface area contributed by atoms with Crippen LogP contribution in [0.4, 0.5) is 8.78 Å². The number of hydrogen-bond donors (Lipinski definition) is 0. The Labute approximate surface area is 121 Å². The molecule has 0 bridgehead atoms. The molecule has 0 amide bonds. The summed E-state index contributed by atoms with van der Waals surface area (Å²) in [6.45, 7) is 0. The SMILES string of the molecule is O=C(c1cc2ccccc2o1)c1ccc(F)c(F)c1Br. The Morgan fingerprint density at radius 2 is 1.85 bits per heavy atom. The lowest BCUT2D eigenvalue weighted by molar-refractivity contribution is 0.101. The number of carbonyl (C=O) groups excluding carboxylic acids is 1.